The summed E-state index contributed by atoms with van der Waals surface area (Å²) in [6.45, 7) is 3.82. The number of para-hydroxylation sites is 3. The van der Waals surface area contributed by atoms with Crippen molar-refractivity contribution in [3.8, 4) is 5.75 Å². The maximum atomic E-state index is 12.6. The van der Waals surface area contributed by atoms with Crippen LogP contribution in [0.1, 0.15) is 34.8 Å². The number of amides is 2. The lowest BCUT2D eigenvalue weighted by atomic mass is 10.2. The Bertz CT molecular complexity index is 972. The molecule has 0 radical (unpaired) electrons. The highest BCUT2D eigenvalue weighted by Crippen LogP contribution is 2.25. The van der Waals surface area contributed by atoms with Crippen LogP contribution in [0.15, 0.2) is 72.8 Å². The molecule has 0 fully saturated rings. The first-order valence-corrected chi connectivity index (χ1v) is 8.93. The highest BCUT2D eigenvalue weighted by Gasteiger charge is 2.15. The Morgan fingerprint density at radius 2 is 1.39 bits per heavy atom. The third kappa shape index (κ3) is 4.94. The molecule has 0 atom stereocenters. The zero-order chi connectivity index (χ0) is 19.9. The summed E-state index contributed by atoms with van der Waals surface area (Å²) in [6.07, 6.45) is -0.0267. The van der Waals surface area contributed by atoms with Gasteiger partial charge in [0.2, 0.25) is 0 Å². The van der Waals surface area contributed by atoms with Crippen molar-refractivity contribution in [3.63, 3.8) is 0 Å². The summed E-state index contributed by atoms with van der Waals surface area (Å²) in [5, 5.41) is 5.54. The lowest BCUT2D eigenvalue weighted by Crippen LogP contribution is -2.19. The van der Waals surface area contributed by atoms with Gasteiger partial charge >= 0.3 is 0 Å². The summed E-state index contributed by atoms with van der Waals surface area (Å²) >= 11 is 0. The number of hydrogen-bond donors (Lipinski definition) is 2. The molecule has 0 bridgehead atoms. The molecule has 142 valence electrons. The van der Waals surface area contributed by atoms with Gasteiger partial charge in [-0.2, -0.15) is 0 Å². The molecule has 0 aliphatic carbocycles. The average Bonchev–Trinajstić information content (AvgIpc) is 2.70. The van der Waals surface area contributed by atoms with Crippen LogP contribution in [0, 0.1) is 0 Å². The molecule has 0 saturated heterocycles. The second-order valence-electron chi connectivity index (χ2n) is 6.35. The van der Waals surface area contributed by atoms with E-state index in [2.05, 4.69) is 15.6 Å². The van der Waals surface area contributed by atoms with Gasteiger partial charge in [-0.15, -0.1) is 0 Å². The maximum absolute atomic E-state index is 12.6. The average molecular weight is 375 g/mol. The van der Waals surface area contributed by atoms with Gasteiger partial charge in [0.05, 0.1) is 11.8 Å². The zero-order valence-electron chi connectivity index (χ0n) is 15.7. The highest BCUT2D eigenvalue weighted by atomic mass is 16.5. The van der Waals surface area contributed by atoms with E-state index in [1.165, 1.54) is 0 Å². The topological polar surface area (TPSA) is 80.3 Å². The molecular formula is C22H21N3O3. The number of carbonyl (C=O) groups excluding carboxylic acids is 2. The minimum atomic E-state index is -0.422. The van der Waals surface area contributed by atoms with Gasteiger partial charge in [0.25, 0.3) is 11.8 Å². The predicted octanol–water partition coefficient (Wildman–Crippen LogP) is 4.37. The first-order valence-electron chi connectivity index (χ1n) is 8.93. The SMILES string of the molecule is CC(C)Oc1ccccc1NC(=O)c1cccc(C(=O)Nc2ccccc2)n1. The second kappa shape index (κ2) is 8.81. The normalized spacial score (nSPS) is 10.4. The Kier molecular flexibility index (Phi) is 6.01. The standard InChI is InChI=1S/C22H21N3O3/c1-15(2)28-20-14-7-6-11-17(20)25-22(27)19-13-8-12-18(24-19)21(26)23-16-9-4-3-5-10-16/h3-15H,1-2H3,(H,23,26)(H,25,27). The molecule has 3 aromatic rings. The first kappa shape index (κ1) is 19.1. The molecular weight excluding hydrogens is 354 g/mol. The van der Waals surface area contributed by atoms with Gasteiger partial charge in [-0.3, -0.25) is 9.59 Å². The Morgan fingerprint density at radius 3 is 2.07 bits per heavy atom. The number of pyridine rings is 1. The fraction of sp³-hybridized carbons (Fsp3) is 0.136. The number of aromatic nitrogens is 1. The van der Waals surface area contributed by atoms with Crippen molar-refractivity contribution in [2.24, 2.45) is 0 Å². The first-order chi connectivity index (χ1) is 13.5. The van der Waals surface area contributed by atoms with Crippen molar-refractivity contribution in [2.75, 3.05) is 10.6 Å². The van der Waals surface area contributed by atoms with Crippen LogP contribution in [0.5, 0.6) is 5.75 Å². The van der Waals surface area contributed by atoms with Crippen molar-refractivity contribution in [2.45, 2.75) is 20.0 Å². The Hall–Kier alpha value is -3.67. The van der Waals surface area contributed by atoms with Crippen molar-refractivity contribution in [3.05, 3.63) is 84.2 Å². The Balaban J connectivity index is 1.75. The van der Waals surface area contributed by atoms with Crippen LogP contribution in [0.3, 0.4) is 0 Å². The number of carbonyl (C=O) groups is 2. The third-order valence-corrected chi connectivity index (χ3v) is 3.74. The fourth-order valence-electron chi connectivity index (χ4n) is 2.52. The van der Waals surface area contributed by atoms with Crippen molar-refractivity contribution >= 4 is 23.2 Å². The van der Waals surface area contributed by atoms with E-state index in [0.29, 0.717) is 17.1 Å². The number of benzene rings is 2. The van der Waals surface area contributed by atoms with Crippen LogP contribution in [-0.4, -0.2) is 22.9 Å². The number of nitrogens with one attached hydrogen (secondary N) is 2. The van der Waals surface area contributed by atoms with Gasteiger partial charge in [-0.1, -0.05) is 36.4 Å². The zero-order valence-corrected chi connectivity index (χ0v) is 15.7. The van der Waals surface area contributed by atoms with Crippen LogP contribution >= 0.6 is 0 Å². The number of ether oxygens (including phenoxy) is 1. The Labute approximate surface area is 163 Å². The van der Waals surface area contributed by atoms with E-state index < -0.39 is 5.91 Å². The summed E-state index contributed by atoms with van der Waals surface area (Å²) in [5.74, 6) is -0.234. The largest absolute Gasteiger partial charge is 0.489 e. The van der Waals surface area contributed by atoms with Crippen molar-refractivity contribution in [1.82, 2.24) is 4.98 Å². The molecule has 28 heavy (non-hydrogen) atoms. The van der Waals surface area contributed by atoms with E-state index in [1.54, 1.807) is 48.5 Å². The molecule has 6 nitrogen and oxygen atoms in total. The van der Waals surface area contributed by atoms with Crippen LogP contribution in [0.25, 0.3) is 0 Å². The smallest absolute Gasteiger partial charge is 0.274 e. The molecule has 0 spiro atoms. The lowest BCUT2D eigenvalue weighted by Gasteiger charge is -2.14. The van der Waals surface area contributed by atoms with Gasteiger partial charge < -0.3 is 15.4 Å². The van der Waals surface area contributed by atoms with Crippen LogP contribution in [0.2, 0.25) is 0 Å². The molecule has 2 aromatic carbocycles. The summed E-state index contributed by atoms with van der Waals surface area (Å²) in [4.78, 5) is 29.2. The predicted molar refractivity (Wildman–Crippen MR) is 109 cm³/mol. The van der Waals surface area contributed by atoms with Gasteiger partial charge in [-0.25, -0.2) is 4.98 Å². The molecule has 2 amide bonds. The van der Waals surface area contributed by atoms with Gasteiger partial charge in [0.15, 0.2) is 0 Å². The number of nitrogens with zero attached hydrogens (tertiary/aromatic N) is 1. The summed E-state index contributed by atoms with van der Waals surface area (Å²) in [7, 11) is 0. The molecule has 2 N–H and O–H groups in total. The van der Waals surface area contributed by atoms with Crippen LogP contribution < -0.4 is 15.4 Å². The minimum absolute atomic E-state index is 0.0267. The van der Waals surface area contributed by atoms with Crippen molar-refractivity contribution < 1.29 is 14.3 Å². The van der Waals surface area contributed by atoms with Crippen LogP contribution in [0.4, 0.5) is 11.4 Å². The molecule has 0 saturated carbocycles. The highest BCUT2D eigenvalue weighted by molar-refractivity contribution is 6.06. The number of anilines is 2. The molecule has 0 aliphatic rings. The fourth-order valence-corrected chi connectivity index (χ4v) is 2.52. The molecule has 0 aliphatic heterocycles. The Morgan fingerprint density at radius 1 is 0.786 bits per heavy atom. The van der Waals surface area contributed by atoms with Crippen LogP contribution in [-0.2, 0) is 0 Å². The lowest BCUT2D eigenvalue weighted by molar-refractivity contribution is 0.101. The van der Waals surface area contributed by atoms with E-state index in [-0.39, 0.29) is 23.4 Å². The van der Waals surface area contributed by atoms with Gasteiger partial charge in [0.1, 0.15) is 17.1 Å². The van der Waals surface area contributed by atoms with E-state index in [4.69, 9.17) is 4.74 Å². The minimum Gasteiger partial charge on any atom is -0.489 e. The van der Waals surface area contributed by atoms with Crippen molar-refractivity contribution in [1.29, 1.82) is 0 Å². The number of hydrogen-bond acceptors (Lipinski definition) is 4. The summed E-state index contributed by atoms with van der Waals surface area (Å²) < 4.78 is 5.71. The molecule has 3 rings (SSSR count). The monoisotopic (exact) mass is 375 g/mol. The molecule has 0 unspecified atom stereocenters. The number of rotatable bonds is 6. The molecule has 6 heteroatoms. The molecule has 1 aromatic heterocycles. The summed E-state index contributed by atoms with van der Waals surface area (Å²) in [5.41, 5.74) is 1.49. The van der Waals surface area contributed by atoms with E-state index in [0.717, 1.165) is 0 Å². The van der Waals surface area contributed by atoms with E-state index >= 15 is 0 Å². The molecule has 1 heterocycles. The van der Waals surface area contributed by atoms with E-state index in [1.807, 2.05) is 38.1 Å². The summed E-state index contributed by atoms with van der Waals surface area (Å²) in [6, 6.07) is 21.0. The quantitative estimate of drug-likeness (QED) is 0.670. The van der Waals surface area contributed by atoms with E-state index in [9.17, 15) is 9.59 Å². The van der Waals surface area contributed by atoms with Gasteiger partial charge in [-0.05, 0) is 50.2 Å². The third-order valence-electron chi connectivity index (χ3n) is 3.74. The maximum Gasteiger partial charge on any atom is 0.274 e. The second-order valence-corrected chi connectivity index (χ2v) is 6.35. The van der Waals surface area contributed by atoms with Gasteiger partial charge in [0, 0.05) is 5.69 Å².